The maximum absolute atomic E-state index is 6.20. The molecular weight excluding hydrogens is 346 g/mol. The van der Waals surface area contributed by atoms with E-state index in [9.17, 15) is 0 Å². The van der Waals surface area contributed by atoms with Gasteiger partial charge in [0.2, 0.25) is 5.88 Å². The van der Waals surface area contributed by atoms with Gasteiger partial charge >= 0.3 is 0 Å². The molecule has 26 heavy (non-hydrogen) atoms. The van der Waals surface area contributed by atoms with Crippen LogP contribution in [0.5, 0.6) is 5.88 Å². The molecule has 5 heteroatoms. The molecule has 0 fully saturated rings. The highest BCUT2D eigenvalue weighted by Crippen LogP contribution is 2.34. The van der Waals surface area contributed by atoms with Crippen LogP contribution in [0.4, 0.5) is 0 Å². The first-order valence-corrected chi connectivity index (χ1v) is 9.79. The lowest BCUT2D eigenvalue weighted by Crippen LogP contribution is -2.06. The lowest BCUT2D eigenvalue weighted by molar-refractivity contribution is 0.275. The number of nitrogens with zero attached hydrogens (tertiary/aromatic N) is 3. The molecule has 1 aliphatic rings. The summed E-state index contributed by atoms with van der Waals surface area (Å²) in [4.78, 5) is 4.72. The SMILES string of the molecule is CC(C)CCOc1c2cnc3c(c2nn1-c1ccc(Cl)cc1)CCCC3. The summed E-state index contributed by atoms with van der Waals surface area (Å²) in [5.74, 6) is 1.38. The molecule has 0 spiro atoms. The van der Waals surface area contributed by atoms with Gasteiger partial charge in [-0.15, -0.1) is 0 Å². The minimum Gasteiger partial charge on any atom is -0.477 e. The van der Waals surface area contributed by atoms with Crippen LogP contribution < -0.4 is 4.74 Å². The minimum absolute atomic E-state index is 0.596. The van der Waals surface area contributed by atoms with E-state index in [0.29, 0.717) is 17.5 Å². The normalized spacial score (nSPS) is 14.0. The summed E-state index contributed by atoms with van der Waals surface area (Å²) in [6.07, 6.45) is 7.44. The minimum atomic E-state index is 0.596. The van der Waals surface area contributed by atoms with Crippen molar-refractivity contribution in [2.45, 2.75) is 46.0 Å². The molecule has 2 heterocycles. The van der Waals surface area contributed by atoms with Gasteiger partial charge in [0, 0.05) is 22.5 Å². The Balaban J connectivity index is 1.83. The van der Waals surface area contributed by atoms with E-state index in [1.54, 1.807) is 0 Å². The smallest absolute Gasteiger partial charge is 0.226 e. The van der Waals surface area contributed by atoms with Gasteiger partial charge < -0.3 is 4.74 Å². The van der Waals surface area contributed by atoms with Crippen molar-refractivity contribution in [3.63, 3.8) is 0 Å². The molecule has 0 saturated carbocycles. The van der Waals surface area contributed by atoms with E-state index in [4.69, 9.17) is 26.4 Å². The monoisotopic (exact) mass is 369 g/mol. The fourth-order valence-electron chi connectivity index (χ4n) is 3.47. The first-order chi connectivity index (χ1) is 12.6. The highest BCUT2D eigenvalue weighted by Gasteiger charge is 2.21. The van der Waals surface area contributed by atoms with Gasteiger partial charge in [-0.1, -0.05) is 25.4 Å². The lowest BCUT2D eigenvalue weighted by atomic mass is 9.95. The molecule has 1 aliphatic carbocycles. The third-order valence-corrected chi connectivity index (χ3v) is 5.21. The van der Waals surface area contributed by atoms with Crippen LogP contribution in [0.25, 0.3) is 16.6 Å². The van der Waals surface area contributed by atoms with Gasteiger partial charge in [0.25, 0.3) is 0 Å². The lowest BCUT2D eigenvalue weighted by Gasteiger charge is -2.14. The Labute approximate surface area is 159 Å². The maximum atomic E-state index is 6.20. The number of aromatic nitrogens is 3. The fraction of sp³-hybridized carbons (Fsp3) is 0.429. The summed E-state index contributed by atoms with van der Waals surface area (Å²) in [7, 11) is 0. The Kier molecular flexibility index (Phi) is 4.86. The molecule has 1 aromatic carbocycles. The van der Waals surface area contributed by atoms with Crippen molar-refractivity contribution in [3.05, 3.63) is 46.7 Å². The zero-order valence-electron chi connectivity index (χ0n) is 15.3. The van der Waals surface area contributed by atoms with E-state index in [2.05, 4.69) is 13.8 Å². The third-order valence-electron chi connectivity index (χ3n) is 4.96. The van der Waals surface area contributed by atoms with Crippen molar-refractivity contribution in [1.82, 2.24) is 14.8 Å². The maximum Gasteiger partial charge on any atom is 0.226 e. The number of hydrogen-bond donors (Lipinski definition) is 0. The summed E-state index contributed by atoms with van der Waals surface area (Å²) in [6, 6.07) is 7.72. The first kappa shape index (κ1) is 17.3. The van der Waals surface area contributed by atoms with Crippen LogP contribution in [-0.4, -0.2) is 21.4 Å². The molecule has 0 N–H and O–H groups in total. The van der Waals surface area contributed by atoms with Crippen LogP contribution in [0.15, 0.2) is 30.5 Å². The average Bonchev–Trinajstić information content (AvgIpc) is 3.01. The summed E-state index contributed by atoms with van der Waals surface area (Å²) in [5.41, 5.74) is 4.47. The zero-order chi connectivity index (χ0) is 18.1. The molecule has 4 nitrogen and oxygen atoms in total. The topological polar surface area (TPSA) is 39.9 Å². The van der Waals surface area contributed by atoms with Crippen molar-refractivity contribution in [3.8, 4) is 11.6 Å². The molecular formula is C21H24ClN3O. The first-order valence-electron chi connectivity index (χ1n) is 9.41. The summed E-state index contributed by atoms with van der Waals surface area (Å²) < 4.78 is 8.11. The fourth-order valence-corrected chi connectivity index (χ4v) is 3.60. The predicted molar refractivity (Wildman–Crippen MR) is 105 cm³/mol. The van der Waals surface area contributed by atoms with Gasteiger partial charge in [-0.05, 0) is 62.3 Å². The molecule has 0 radical (unpaired) electrons. The summed E-state index contributed by atoms with van der Waals surface area (Å²) >= 11 is 6.06. The number of halogens is 1. The number of rotatable bonds is 5. The number of aryl methyl sites for hydroxylation is 2. The number of benzene rings is 1. The number of hydrogen-bond acceptors (Lipinski definition) is 3. The molecule has 136 valence electrons. The van der Waals surface area contributed by atoms with Gasteiger partial charge in [-0.3, -0.25) is 4.98 Å². The van der Waals surface area contributed by atoms with E-state index in [1.807, 2.05) is 35.1 Å². The second-order valence-corrected chi connectivity index (χ2v) is 7.81. The van der Waals surface area contributed by atoms with Crippen LogP contribution in [0.2, 0.25) is 5.02 Å². The molecule has 3 aromatic rings. The third kappa shape index (κ3) is 3.30. The van der Waals surface area contributed by atoms with Gasteiger partial charge in [0.15, 0.2) is 0 Å². The number of fused-ring (bicyclic) bond motifs is 3. The van der Waals surface area contributed by atoms with Crippen LogP contribution in [-0.2, 0) is 12.8 Å². The van der Waals surface area contributed by atoms with Crippen LogP contribution in [0.1, 0.15) is 44.4 Å². The van der Waals surface area contributed by atoms with Crippen molar-refractivity contribution in [2.75, 3.05) is 6.61 Å². The second kappa shape index (κ2) is 7.28. The molecule has 4 rings (SSSR count). The summed E-state index contributed by atoms with van der Waals surface area (Å²) in [5, 5.41) is 6.65. The highest BCUT2D eigenvalue weighted by molar-refractivity contribution is 6.30. The van der Waals surface area contributed by atoms with Crippen molar-refractivity contribution >= 4 is 22.5 Å². The molecule has 0 amide bonds. The molecule has 0 atom stereocenters. The quantitative estimate of drug-likeness (QED) is 0.606. The van der Waals surface area contributed by atoms with Gasteiger partial charge in [-0.2, -0.15) is 9.78 Å². The second-order valence-electron chi connectivity index (χ2n) is 7.38. The Morgan fingerprint density at radius 3 is 2.69 bits per heavy atom. The standard InChI is InChI=1S/C21H24ClN3O/c1-14(2)11-12-26-21-18-13-23-19-6-4-3-5-17(19)20(18)24-25(21)16-9-7-15(22)8-10-16/h7-10,13-14H,3-6,11-12H2,1-2H3. The van der Waals surface area contributed by atoms with Gasteiger partial charge in [0.1, 0.15) is 5.52 Å². The molecule has 0 saturated heterocycles. The van der Waals surface area contributed by atoms with Crippen LogP contribution in [0.3, 0.4) is 0 Å². The highest BCUT2D eigenvalue weighted by atomic mass is 35.5. The number of ether oxygens (including phenoxy) is 1. The Morgan fingerprint density at radius 1 is 1.15 bits per heavy atom. The molecule has 0 bridgehead atoms. The average molecular weight is 370 g/mol. The van der Waals surface area contributed by atoms with Crippen molar-refractivity contribution in [1.29, 1.82) is 0 Å². The Hall–Kier alpha value is -2.07. The predicted octanol–water partition coefficient (Wildman–Crippen LogP) is 5.38. The van der Waals surface area contributed by atoms with Crippen LogP contribution in [0, 0.1) is 5.92 Å². The van der Waals surface area contributed by atoms with Gasteiger partial charge in [0.05, 0.1) is 17.7 Å². The van der Waals surface area contributed by atoms with E-state index < -0.39 is 0 Å². The number of pyridine rings is 1. The van der Waals surface area contributed by atoms with E-state index >= 15 is 0 Å². The molecule has 2 aromatic heterocycles. The van der Waals surface area contributed by atoms with Gasteiger partial charge in [-0.25, -0.2) is 0 Å². The zero-order valence-corrected chi connectivity index (χ0v) is 16.1. The van der Waals surface area contributed by atoms with E-state index in [1.165, 1.54) is 24.1 Å². The molecule has 0 unspecified atom stereocenters. The van der Waals surface area contributed by atoms with Crippen molar-refractivity contribution < 1.29 is 4.74 Å². The summed E-state index contributed by atoms with van der Waals surface area (Å²) in [6.45, 7) is 5.08. The van der Waals surface area contributed by atoms with E-state index in [0.717, 1.165) is 41.7 Å². The Bertz CT molecular complexity index is 915. The van der Waals surface area contributed by atoms with Crippen molar-refractivity contribution in [2.24, 2.45) is 5.92 Å². The van der Waals surface area contributed by atoms with E-state index in [-0.39, 0.29) is 0 Å². The largest absolute Gasteiger partial charge is 0.477 e. The Morgan fingerprint density at radius 2 is 1.92 bits per heavy atom. The molecule has 0 aliphatic heterocycles. The van der Waals surface area contributed by atoms with Crippen LogP contribution >= 0.6 is 11.6 Å².